The molecule has 0 aliphatic heterocycles. The number of rotatable bonds is 4. The van der Waals surface area contributed by atoms with Crippen LogP contribution in [0.4, 0.5) is 5.69 Å². The van der Waals surface area contributed by atoms with Crippen molar-refractivity contribution in [3.63, 3.8) is 0 Å². The first kappa shape index (κ1) is 13.5. The van der Waals surface area contributed by atoms with Crippen molar-refractivity contribution >= 4 is 5.69 Å². The molecule has 0 aromatic heterocycles. The predicted molar refractivity (Wildman–Crippen MR) is 80.4 cm³/mol. The molecular weight excluding hydrogens is 218 g/mol. The summed E-state index contributed by atoms with van der Waals surface area (Å²) in [5.74, 6) is 1.65. The zero-order chi connectivity index (χ0) is 13.0. The molecule has 1 saturated carbocycles. The Morgan fingerprint density at radius 1 is 1.11 bits per heavy atom. The van der Waals surface area contributed by atoms with E-state index in [0.717, 1.165) is 5.92 Å². The monoisotopic (exact) mass is 245 g/mol. The Balaban J connectivity index is 2.05. The standard InChI is InChI=1S/C17H27N/c1-14(13-15-9-5-4-6-10-15)16-11-7-8-12-17(16)18(2)3/h7-8,11-12,14-15H,4-6,9-10,13H2,1-3H3. The number of anilines is 1. The normalized spacial score (nSPS) is 18.6. The van der Waals surface area contributed by atoms with Gasteiger partial charge in [-0.1, -0.05) is 57.2 Å². The second-order valence-corrected chi connectivity index (χ2v) is 6.09. The smallest absolute Gasteiger partial charge is 0.0396 e. The van der Waals surface area contributed by atoms with Gasteiger partial charge in [-0.25, -0.2) is 0 Å². The Bertz CT molecular complexity index is 364. The van der Waals surface area contributed by atoms with Crippen molar-refractivity contribution in [2.75, 3.05) is 19.0 Å². The van der Waals surface area contributed by atoms with Crippen LogP contribution in [0, 0.1) is 5.92 Å². The lowest BCUT2D eigenvalue weighted by molar-refractivity contribution is 0.323. The highest BCUT2D eigenvalue weighted by Crippen LogP contribution is 2.35. The van der Waals surface area contributed by atoms with Gasteiger partial charge in [-0.2, -0.15) is 0 Å². The van der Waals surface area contributed by atoms with Crippen LogP contribution in [0.5, 0.6) is 0 Å². The van der Waals surface area contributed by atoms with E-state index in [9.17, 15) is 0 Å². The predicted octanol–water partition coefficient (Wildman–Crippen LogP) is 4.83. The van der Waals surface area contributed by atoms with Gasteiger partial charge in [0.25, 0.3) is 0 Å². The minimum absolute atomic E-state index is 0.687. The molecule has 100 valence electrons. The molecule has 0 amide bonds. The number of para-hydroxylation sites is 1. The van der Waals surface area contributed by atoms with E-state index in [-0.39, 0.29) is 0 Å². The molecule has 1 fully saturated rings. The molecule has 0 bridgehead atoms. The van der Waals surface area contributed by atoms with Gasteiger partial charge in [0.2, 0.25) is 0 Å². The first-order chi connectivity index (χ1) is 8.68. The summed E-state index contributed by atoms with van der Waals surface area (Å²) in [6.45, 7) is 2.40. The molecule has 2 rings (SSSR count). The largest absolute Gasteiger partial charge is 0.377 e. The Hall–Kier alpha value is -0.980. The Kier molecular flexibility index (Phi) is 4.68. The molecule has 18 heavy (non-hydrogen) atoms. The van der Waals surface area contributed by atoms with Gasteiger partial charge >= 0.3 is 0 Å². The number of hydrogen-bond donors (Lipinski definition) is 0. The minimum Gasteiger partial charge on any atom is -0.377 e. The fourth-order valence-corrected chi connectivity index (χ4v) is 3.36. The van der Waals surface area contributed by atoms with Crippen molar-refractivity contribution in [2.45, 2.75) is 51.4 Å². The third-order valence-electron chi connectivity index (χ3n) is 4.36. The van der Waals surface area contributed by atoms with E-state index in [1.807, 2.05) is 0 Å². The molecular formula is C17H27N. The molecule has 0 spiro atoms. The molecule has 0 N–H and O–H groups in total. The van der Waals surface area contributed by atoms with Gasteiger partial charge in [-0.05, 0) is 29.9 Å². The van der Waals surface area contributed by atoms with E-state index in [4.69, 9.17) is 0 Å². The summed E-state index contributed by atoms with van der Waals surface area (Å²) in [5.41, 5.74) is 2.91. The molecule has 1 atom stereocenters. The topological polar surface area (TPSA) is 3.24 Å². The van der Waals surface area contributed by atoms with Crippen LogP contribution in [0.2, 0.25) is 0 Å². The van der Waals surface area contributed by atoms with Gasteiger partial charge in [-0.3, -0.25) is 0 Å². The SMILES string of the molecule is CC(CC1CCCCC1)c1ccccc1N(C)C. The van der Waals surface area contributed by atoms with Crippen LogP contribution in [0.15, 0.2) is 24.3 Å². The maximum Gasteiger partial charge on any atom is 0.0396 e. The van der Waals surface area contributed by atoms with Crippen molar-refractivity contribution in [3.8, 4) is 0 Å². The van der Waals surface area contributed by atoms with Crippen molar-refractivity contribution in [1.29, 1.82) is 0 Å². The van der Waals surface area contributed by atoms with E-state index in [1.165, 1.54) is 49.8 Å². The maximum absolute atomic E-state index is 2.40. The number of benzene rings is 1. The molecule has 0 heterocycles. The van der Waals surface area contributed by atoms with E-state index in [1.54, 1.807) is 0 Å². The lowest BCUT2D eigenvalue weighted by Crippen LogP contribution is -2.14. The van der Waals surface area contributed by atoms with Crippen LogP contribution in [-0.2, 0) is 0 Å². The van der Waals surface area contributed by atoms with Crippen LogP contribution < -0.4 is 4.90 Å². The van der Waals surface area contributed by atoms with Crippen molar-refractivity contribution in [1.82, 2.24) is 0 Å². The summed E-state index contributed by atoms with van der Waals surface area (Å²) in [5, 5.41) is 0. The Morgan fingerprint density at radius 3 is 2.44 bits per heavy atom. The van der Waals surface area contributed by atoms with Gasteiger partial charge < -0.3 is 4.90 Å². The van der Waals surface area contributed by atoms with Crippen LogP contribution in [0.1, 0.15) is 56.9 Å². The molecule has 1 aliphatic carbocycles. The fourth-order valence-electron chi connectivity index (χ4n) is 3.36. The van der Waals surface area contributed by atoms with E-state index in [2.05, 4.69) is 50.2 Å². The highest BCUT2D eigenvalue weighted by atomic mass is 15.1. The van der Waals surface area contributed by atoms with Crippen LogP contribution in [0.25, 0.3) is 0 Å². The molecule has 1 heteroatoms. The number of nitrogens with zero attached hydrogens (tertiary/aromatic N) is 1. The molecule has 1 unspecified atom stereocenters. The summed E-state index contributed by atoms with van der Waals surface area (Å²) in [4.78, 5) is 2.24. The number of hydrogen-bond acceptors (Lipinski definition) is 1. The average molecular weight is 245 g/mol. The zero-order valence-corrected chi connectivity index (χ0v) is 12.2. The van der Waals surface area contributed by atoms with Gasteiger partial charge in [0.1, 0.15) is 0 Å². The second-order valence-electron chi connectivity index (χ2n) is 6.09. The summed E-state index contributed by atoms with van der Waals surface area (Å²) in [6, 6.07) is 8.88. The van der Waals surface area contributed by atoms with Crippen LogP contribution >= 0.6 is 0 Å². The van der Waals surface area contributed by atoms with Crippen LogP contribution in [0.3, 0.4) is 0 Å². The Morgan fingerprint density at radius 2 is 1.78 bits per heavy atom. The minimum atomic E-state index is 0.687. The molecule has 1 aromatic carbocycles. The van der Waals surface area contributed by atoms with E-state index >= 15 is 0 Å². The third-order valence-corrected chi connectivity index (χ3v) is 4.36. The summed E-state index contributed by atoms with van der Waals surface area (Å²) < 4.78 is 0. The van der Waals surface area contributed by atoms with E-state index < -0.39 is 0 Å². The van der Waals surface area contributed by atoms with Gasteiger partial charge in [-0.15, -0.1) is 0 Å². The van der Waals surface area contributed by atoms with Crippen molar-refractivity contribution < 1.29 is 0 Å². The van der Waals surface area contributed by atoms with Crippen LogP contribution in [-0.4, -0.2) is 14.1 Å². The summed E-state index contributed by atoms with van der Waals surface area (Å²) >= 11 is 0. The maximum atomic E-state index is 2.40. The molecule has 0 radical (unpaired) electrons. The molecule has 0 saturated heterocycles. The lowest BCUT2D eigenvalue weighted by Gasteiger charge is -2.27. The average Bonchev–Trinajstić information content (AvgIpc) is 2.40. The first-order valence-electron chi connectivity index (χ1n) is 7.44. The van der Waals surface area contributed by atoms with Crippen molar-refractivity contribution in [3.05, 3.63) is 29.8 Å². The highest BCUT2D eigenvalue weighted by molar-refractivity contribution is 5.53. The summed E-state index contributed by atoms with van der Waals surface area (Å²) in [6.07, 6.45) is 8.63. The summed E-state index contributed by atoms with van der Waals surface area (Å²) in [7, 11) is 4.29. The molecule has 1 nitrogen and oxygen atoms in total. The van der Waals surface area contributed by atoms with Gasteiger partial charge in [0.05, 0.1) is 0 Å². The Labute approximate surface area is 112 Å². The lowest BCUT2D eigenvalue weighted by atomic mass is 9.81. The van der Waals surface area contributed by atoms with Crippen molar-refractivity contribution in [2.24, 2.45) is 5.92 Å². The zero-order valence-electron chi connectivity index (χ0n) is 12.2. The second kappa shape index (κ2) is 6.26. The van der Waals surface area contributed by atoms with Gasteiger partial charge in [0, 0.05) is 19.8 Å². The first-order valence-corrected chi connectivity index (χ1v) is 7.44. The van der Waals surface area contributed by atoms with Gasteiger partial charge in [0.15, 0.2) is 0 Å². The highest BCUT2D eigenvalue weighted by Gasteiger charge is 2.19. The third kappa shape index (κ3) is 3.28. The molecule has 1 aromatic rings. The fraction of sp³-hybridized carbons (Fsp3) is 0.647. The molecule has 1 aliphatic rings. The quantitative estimate of drug-likeness (QED) is 0.734. The van der Waals surface area contributed by atoms with E-state index in [0.29, 0.717) is 5.92 Å².